The molecule has 0 saturated heterocycles. The molecule has 0 saturated carbocycles. The van der Waals surface area contributed by atoms with Gasteiger partial charge in [-0.25, -0.2) is 0 Å². The van der Waals surface area contributed by atoms with Crippen LogP contribution < -0.4 is 11.5 Å². The smallest absolute Gasteiger partial charge is 0.306 e. The van der Waals surface area contributed by atoms with Gasteiger partial charge in [-0.05, 0) is 18.8 Å². The molecule has 0 bridgehead atoms. The molecule has 0 spiro atoms. The summed E-state index contributed by atoms with van der Waals surface area (Å²) >= 11 is 0. The molecule has 0 radical (unpaired) electrons. The van der Waals surface area contributed by atoms with Crippen LogP contribution in [0.25, 0.3) is 0 Å². The number of carboxylic acids is 1. The van der Waals surface area contributed by atoms with Gasteiger partial charge in [0.1, 0.15) is 0 Å². The van der Waals surface area contributed by atoms with Crippen molar-refractivity contribution in [3.8, 4) is 0 Å². The lowest BCUT2D eigenvalue weighted by Gasteiger charge is -2.17. The summed E-state index contributed by atoms with van der Waals surface area (Å²) in [6.07, 6.45) is 1.66. The van der Waals surface area contributed by atoms with E-state index in [2.05, 4.69) is 0 Å². The van der Waals surface area contributed by atoms with Gasteiger partial charge in [0.2, 0.25) is 5.91 Å². The molecule has 0 fully saturated rings. The topological polar surface area (TPSA) is 123 Å². The van der Waals surface area contributed by atoms with Crippen LogP contribution in [0.4, 0.5) is 0 Å². The predicted molar refractivity (Wildman–Crippen MR) is 71.2 cm³/mol. The highest BCUT2D eigenvalue weighted by molar-refractivity contribution is 5.87. The zero-order valence-electron chi connectivity index (χ0n) is 11.6. The molecule has 6 nitrogen and oxygen atoms in total. The zero-order valence-corrected chi connectivity index (χ0v) is 11.6. The van der Waals surface area contributed by atoms with E-state index in [-0.39, 0.29) is 24.5 Å². The second kappa shape index (κ2) is 8.63. The van der Waals surface area contributed by atoms with Crippen molar-refractivity contribution in [3.63, 3.8) is 0 Å². The van der Waals surface area contributed by atoms with Gasteiger partial charge in [-0.3, -0.25) is 14.4 Å². The van der Waals surface area contributed by atoms with Gasteiger partial charge < -0.3 is 16.6 Å². The van der Waals surface area contributed by atoms with Crippen LogP contribution in [-0.4, -0.2) is 28.8 Å². The van der Waals surface area contributed by atoms with Crippen molar-refractivity contribution >= 4 is 17.7 Å². The number of hydrogen-bond donors (Lipinski definition) is 3. The maximum absolute atomic E-state index is 11.8. The Morgan fingerprint density at radius 2 is 1.74 bits per heavy atom. The maximum atomic E-state index is 11.8. The van der Waals surface area contributed by atoms with Gasteiger partial charge in [0.15, 0.2) is 5.78 Å². The zero-order chi connectivity index (χ0) is 15.0. The van der Waals surface area contributed by atoms with E-state index in [4.69, 9.17) is 16.6 Å². The second-order valence-electron chi connectivity index (χ2n) is 5.19. The van der Waals surface area contributed by atoms with Gasteiger partial charge in [0, 0.05) is 12.8 Å². The third kappa shape index (κ3) is 7.56. The number of ketones is 1. The molecule has 0 aliphatic carbocycles. The van der Waals surface area contributed by atoms with E-state index < -0.39 is 23.8 Å². The first-order valence-corrected chi connectivity index (χ1v) is 6.55. The van der Waals surface area contributed by atoms with Crippen LogP contribution in [0.1, 0.15) is 46.0 Å². The van der Waals surface area contributed by atoms with Crippen LogP contribution >= 0.6 is 0 Å². The Bertz CT molecular complexity index is 329. The molecule has 19 heavy (non-hydrogen) atoms. The minimum Gasteiger partial charge on any atom is -0.481 e. The summed E-state index contributed by atoms with van der Waals surface area (Å²) in [5.74, 6) is -2.35. The normalized spacial score (nSPS) is 14.1. The third-order valence-electron chi connectivity index (χ3n) is 3.11. The van der Waals surface area contributed by atoms with Crippen LogP contribution in [0.3, 0.4) is 0 Å². The van der Waals surface area contributed by atoms with Gasteiger partial charge >= 0.3 is 5.97 Å². The van der Waals surface area contributed by atoms with E-state index in [1.54, 1.807) is 0 Å². The molecule has 110 valence electrons. The Labute approximate surface area is 113 Å². The number of hydrogen-bond acceptors (Lipinski definition) is 4. The lowest BCUT2D eigenvalue weighted by atomic mass is 9.90. The summed E-state index contributed by atoms with van der Waals surface area (Å²) in [5, 5.41) is 9.07. The maximum Gasteiger partial charge on any atom is 0.306 e. The number of aliphatic carboxylic acids is 1. The van der Waals surface area contributed by atoms with E-state index in [0.717, 1.165) is 0 Å². The van der Waals surface area contributed by atoms with Crippen LogP contribution in [0.15, 0.2) is 0 Å². The van der Waals surface area contributed by atoms with Gasteiger partial charge in [0.05, 0.1) is 12.0 Å². The minimum absolute atomic E-state index is 0.00296. The molecule has 5 N–H and O–H groups in total. The van der Waals surface area contributed by atoms with Crippen LogP contribution in [0.2, 0.25) is 0 Å². The predicted octanol–water partition coefficient (Wildman–Crippen LogP) is 0.675. The van der Waals surface area contributed by atoms with E-state index in [1.807, 2.05) is 13.8 Å². The first-order chi connectivity index (χ1) is 8.75. The summed E-state index contributed by atoms with van der Waals surface area (Å²) < 4.78 is 0. The molecular formula is C13H24N2O4. The van der Waals surface area contributed by atoms with Gasteiger partial charge in [0.25, 0.3) is 0 Å². The quantitative estimate of drug-likeness (QED) is 0.504. The molecule has 6 heteroatoms. The number of unbranched alkanes of at least 4 members (excludes halogenated alkanes) is 1. The summed E-state index contributed by atoms with van der Waals surface area (Å²) in [6, 6.07) is -0.618. The van der Waals surface area contributed by atoms with Crippen molar-refractivity contribution in [2.75, 3.05) is 0 Å². The van der Waals surface area contributed by atoms with E-state index in [9.17, 15) is 14.4 Å². The number of primary amides is 1. The molecule has 0 heterocycles. The number of nitrogens with two attached hydrogens (primary N) is 2. The largest absolute Gasteiger partial charge is 0.481 e. The van der Waals surface area contributed by atoms with Gasteiger partial charge in [-0.1, -0.05) is 20.3 Å². The van der Waals surface area contributed by atoms with Gasteiger partial charge in [-0.2, -0.15) is 0 Å². The van der Waals surface area contributed by atoms with Crippen molar-refractivity contribution in [1.29, 1.82) is 0 Å². The molecule has 0 aromatic heterocycles. The Morgan fingerprint density at radius 3 is 2.16 bits per heavy atom. The second-order valence-corrected chi connectivity index (χ2v) is 5.19. The standard InChI is InChI=1S/C13H24N2O4/c1-8(2)12(15)10(16)7-9(13(18)19)5-3-4-6-11(14)17/h8-9,12H,3-7,15H2,1-2H3,(H2,14,17)(H,18,19)/t9-,12+/m1/s1. The van der Waals surface area contributed by atoms with E-state index in [1.165, 1.54) is 0 Å². The fourth-order valence-electron chi connectivity index (χ4n) is 1.75. The number of Topliss-reactive ketones (excluding diaryl/α,β-unsaturated/α-hetero) is 1. The number of rotatable bonds is 10. The molecule has 1 amide bonds. The summed E-state index contributed by atoms with van der Waals surface area (Å²) in [4.78, 5) is 33.4. The molecule has 0 rings (SSSR count). The fourth-order valence-corrected chi connectivity index (χ4v) is 1.75. The monoisotopic (exact) mass is 272 g/mol. The number of amides is 1. The average Bonchev–Trinajstić information content (AvgIpc) is 2.30. The molecule has 0 aromatic rings. The fraction of sp³-hybridized carbons (Fsp3) is 0.769. The van der Waals surface area contributed by atoms with Crippen molar-refractivity contribution < 1.29 is 19.5 Å². The average molecular weight is 272 g/mol. The van der Waals surface area contributed by atoms with Crippen molar-refractivity contribution in [2.24, 2.45) is 23.3 Å². The van der Waals surface area contributed by atoms with E-state index >= 15 is 0 Å². The molecule has 2 atom stereocenters. The summed E-state index contributed by atoms with van der Waals surface area (Å²) in [7, 11) is 0. The Balaban J connectivity index is 4.23. The summed E-state index contributed by atoms with van der Waals surface area (Å²) in [5.41, 5.74) is 10.7. The first-order valence-electron chi connectivity index (χ1n) is 6.55. The molecular weight excluding hydrogens is 248 g/mol. The lowest BCUT2D eigenvalue weighted by molar-refractivity contribution is -0.144. The molecule has 0 aliphatic rings. The third-order valence-corrected chi connectivity index (χ3v) is 3.11. The molecule has 0 aliphatic heterocycles. The highest BCUT2D eigenvalue weighted by Gasteiger charge is 2.25. The van der Waals surface area contributed by atoms with Gasteiger partial charge in [-0.15, -0.1) is 0 Å². The molecule has 0 aromatic carbocycles. The number of carbonyl (C=O) groups excluding carboxylic acids is 2. The Hall–Kier alpha value is -1.43. The van der Waals surface area contributed by atoms with E-state index in [0.29, 0.717) is 19.3 Å². The highest BCUT2D eigenvalue weighted by Crippen LogP contribution is 2.16. The SMILES string of the molecule is CC(C)[C@H](N)C(=O)C[C@@H](CCCCC(N)=O)C(=O)O. The number of carboxylic acid groups (broad SMARTS) is 1. The van der Waals surface area contributed by atoms with Crippen LogP contribution in [0, 0.1) is 11.8 Å². The minimum atomic E-state index is -0.997. The van der Waals surface area contributed by atoms with Crippen LogP contribution in [0.5, 0.6) is 0 Å². The Morgan fingerprint density at radius 1 is 1.16 bits per heavy atom. The van der Waals surface area contributed by atoms with Crippen molar-refractivity contribution in [1.82, 2.24) is 0 Å². The van der Waals surface area contributed by atoms with Crippen LogP contribution in [-0.2, 0) is 14.4 Å². The van der Waals surface area contributed by atoms with Crippen molar-refractivity contribution in [3.05, 3.63) is 0 Å². The lowest BCUT2D eigenvalue weighted by Crippen LogP contribution is -2.37. The summed E-state index contributed by atoms with van der Waals surface area (Å²) in [6.45, 7) is 3.65. The first kappa shape index (κ1) is 17.6. The number of carbonyl (C=O) groups is 3. The molecule has 0 unspecified atom stereocenters. The Kier molecular flexibility index (Phi) is 7.98. The van der Waals surface area contributed by atoms with Crippen molar-refractivity contribution in [2.45, 2.75) is 52.0 Å². The highest BCUT2D eigenvalue weighted by atomic mass is 16.4.